The lowest BCUT2D eigenvalue weighted by Crippen LogP contribution is -1.99. The van der Waals surface area contributed by atoms with Crippen molar-refractivity contribution >= 4 is 39.9 Å². The Kier molecular flexibility index (Phi) is 3.76. The van der Waals surface area contributed by atoms with Crippen molar-refractivity contribution in [1.82, 2.24) is 4.57 Å². The normalized spacial score (nSPS) is 10.4. The predicted octanol–water partition coefficient (Wildman–Crippen LogP) is 3.90. The minimum Gasteiger partial charge on any atom is -0.380 e. The van der Waals surface area contributed by atoms with Crippen LogP contribution in [0.15, 0.2) is 36.7 Å². The van der Waals surface area contributed by atoms with Crippen molar-refractivity contribution < 1.29 is 0 Å². The van der Waals surface area contributed by atoms with Crippen molar-refractivity contribution in [3.8, 4) is 0 Å². The first-order valence-corrected chi connectivity index (χ1v) is 6.40. The molecule has 0 bridgehead atoms. The summed E-state index contributed by atoms with van der Waals surface area (Å²) in [5.41, 5.74) is 2.23. The Bertz CT molecular complexity index is 494. The second kappa shape index (κ2) is 5.10. The Labute approximate surface area is 114 Å². The maximum atomic E-state index is 6.13. The molecule has 0 unspecified atom stereocenters. The molecular weight excluding hydrogens is 335 g/mol. The molecule has 0 fully saturated rings. The van der Waals surface area contributed by atoms with Gasteiger partial charge in [-0.2, -0.15) is 0 Å². The van der Waals surface area contributed by atoms with Crippen LogP contribution >= 0.6 is 34.2 Å². The van der Waals surface area contributed by atoms with Crippen molar-refractivity contribution in [2.45, 2.75) is 6.54 Å². The van der Waals surface area contributed by atoms with E-state index >= 15 is 0 Å². The number of aromatic nitrogens is 1. The van der Waals surface area contributed by atoms with Gasteiger partial charge < -0.3 is 9.88 Å². The summed E-state index contributed by atoms with van der Waals surface area (Å²) < 4.78 is 3.18. The molecule has 0 saturated heterocycles. The lowest BCUT2D eigenvalue weighted by Gasteiger charge is -2.07. The van der Waals surface area contributed by atoms with E-state index in [0.29, 0.717) is 0 Å². The Balaban J connectivity index is 2.04. The molecule has 1 aromatic heterocycles. The predicted molar refractivity (Wildman–Crippen MR) is 76.9 cm³/mol. The van der Waals surface area contributed by atoms with Crippen LogP contribution in [0.4, 0.5) is 5.69 Å². The van der Waals surface area contributed by atoms with Gasteiger partial charge in [-0.3, -0.25) is 0 Å². The van der Waals surface area contributed by atoms with Crippen LogP contribution < -0.4 is 5.32 Å². The number of nitrogens with one attached hydrogen (secondary N) is 1. The first-order valence-electron chi connectivity index (χ1n) is 4.95. The molecule has 0 atom stereocenters. The third-order valence-electron chi connectivity index (χ3n) is 2.31. The van der Waals surface area contributed by atoms with Crippen LogP contribution in [0.3, 0.4) is 0 Å². The van der Waals surface area contributed by atoms with Gasteiger partial charge >= 0.3 is 0 Å². The zero-order valence-electron chi connectivity index (χ0n) is 8.87. The molecule has 2 aromatic rings. The Morgan fingerprint density at radius 3 is 2.81 bits per heavy atom. The van der Waals surface area contributed by atoms with Crippen LogP contribution in [0.2, 0.25) is 5.02 Å². The number of aryl methyl sites for hydroxylation is 1. The fourth-order valence-electron chi connectivity index (χ4n) is 1.50. The van der Waals surface area contributed by atoms with E-state index < -0.39 is 0 Å². The first-order chi connectivity index (χ1) is 7.65. The topological polar surface area (TPSA) is 17.0 Å². The molecule has 2 rings (SSSR count). The number of hydrogen-bond donors (Lipinski definition) is 1. The molecule has 0 aliphatic carbocycles. The van der Waals surface area contributed by atoms with Gasteiger partial charge in [0.15, 0.2) is 0 Å². The molecule has 2 nitrogen and oxygen atoms in total. The van der Waals surface area contributed by atoms with Gasteiger partial charge in [-0.25, -0.2) is 0 Å². The van der Waals surface area contributed by atoms with Crippen molar-refractivity contribution in [2.75, 3.05) is 5.32 Å². The van der Waals surface area contributed by atoms with E-state index in [1.165, 1.54) is 5.56 Å². The van der Waals surface area contributed by atoms with Gasteiger partial charge in [-0.1, -0.05) is 11.6 Å². The SMILES string of the molecule is Cn1ccc(CNc2ccc(I)cc2Cl)c1. The minimum atomic E-state index is 0.767. The maximum absolute atomic E-state index is 6.13. The maximum Gasteiger partial charge on any atom is 0.0648 e. The molecule has 4 heteroatoms. The molecule has 1 heterocycles. The second-order valence-electron chi connectivity index (χ2n) is 3.66. The zero-order valence-corrected chi connectivity index (χ0v) is 11.8. The summed E-state index contributed by atoms with van der Waals surface area (Å²) in [5, 5.41) is 4.09. The molecule has 0 aliphatic rings. The minimum absolute atomic E-state index is 0.767. The zero-order chi connectivity index (χ0) is 11.5. The summed E-state index contributed by atoms with van der Waals surface area (Å²) in [6.45, 7) is 0.793. The van der Waals surface area contributed by atoms with E-state index in [4.69, 9.17) is 11.6 Å². The number of benzene rings is 1. The van der Waals surface area contributed by atoms with Gasteiger partial charge in [0.25, 0.3) is 0 Å². The molecule has 16 heavy (non-hydrogen) atoms. The average molecular weight is 347 g/mol. The van der Waals surface area contributed by atoms with Crippen LogP contribution in [0, 0.1) is 3.57 Å². The Hall–Kier alpha value is -0.680. The van der Waals surface area contributed by atoms with Crippen LogP contribution in [-0.4, -0.2) is 4.57 Å². The van der Waals surface area contributed by atoms with Gasteiger partial charge in [-0.05, 0) is 52.4 Å². The molecule has 0 radical (unpaired) electrons. The number of hydrogen-bond acceptors (Lipinski definition) is 1. The summed E-state index contributed by atoms with van der Waals surface area (Å²) >= 11 is 8.38. The second-order valence-corrected chi connectivity index (χ2v) is 5.32. The highest BCUT2D eigenvalue weighted by atomic mass is 127. The van der Waals surface area contributed by atoms with Gasteiger partial charge in [0.05, 0.1) is 10.7 Å². The third-order valence-corrected chi connectivity index (χ3v) is 3.29. The van der Waals surface area contributed by atoms with E-state index in [1.54, 1.807) is 0 Å². The highest BCUT2D eigenvalue weighted by molar-refractivity contribution is 14.1. The standard InChI is InChI=1S/C12H12ClIN2/c1-16-5-4-9(8-16)7-15-12-3-2-10(14)6-11(12)13/h2-6,8,15H,7H2,1H3. The Morgan fingerprint density at radius 1 is 1.38 bits per heavy atom. The summed E-state index contributed by atoms with van der Waals surface area (Å²) in [6.07, 6.45) is 4.13. The van der Waals surface area contributed by atoms with E-state index in [2.05, 4.69) is 40.2 Å². The molecule has 1 N–H and O–H groups in total. The van der Waals surface area contributed by atoms with Crippen molar-refractivity contribution in [3.05, 3.63) is 50.8 Å². The largest absolute Gasteiger partial charge is 0.380 e. The quantitative estimate of drug-likeness (QED) is 0.834. The summed E-state index contributed by atoms with van der Waals surface area (Å²) in [7, 11) is 2.02. The van der Waals surface area contributed by atoms with Gasteiger partial charge in [-0.15, -0.1) is 0 Å². The monoisotopic (exact) mass is 346 g/mol. The highest BCUT2D eigenvalue weighted by Gasteiger charge is 2.01. The van der Waals surface area contributed by atoms with Crippen molar-refractivity contribution in [3.63, 3.8) is 0 Å². The summed E-state index contributed by atoms with van der Waals surface area (Å²) in [4.78, 5) is 0. The molecule has 0 spiro atoms. The lowest BCUT2D eigenvalue weighted by atomic mass is 10.3. The fraction of sp³-hybridized carbons (Fsp3) is 0.167. The molecule has 0 saturated carbocycles. The van der Waals surface area contributed by atoms with Gasteiger partial charge in [0.2, 0.25) is 0 Å². The third kappa shape index (κ3) is 2.92. The van der Waals surface area contributed by atoms with Crippen LogP contribution in [0.5, 0.6) is 0 Å². The molecule has 1 aromatic carbocycles. The van der Waals surface area contributed by atoms with Crippen LogP contribution in [0.25, 0.3) is 0 Å². The van der Waals surface area contributed by atoms with Crippen LogP contribution in [0.1, 0.15) is 5.56 Å². The summed E-state index contributed by atoms with van der Waals surface area (Å²) in [5.74, 6) is 0. The average Bonchev–Trinajstić information content (AvgIpc) is 2.63. The smallest absolute Gasteiger partial charge is 0.0648 e. The molecule has 84 valence electrons. The number of anilines is 1. The van der Waals surface area contributed by atoms with Crippen molar-refractivity contribution in [2.24, 2.45) is 7.05 Å². The van der Waals surface area contributed by atoms with Gasteiger partial charge in [0.1, 0.15) is 0 Å². The van der Waals surface area contributed by atoms with E-state index in [0.717, 1.165) is 20.8 Å². The van der Waals surface area contributed by atoms with E-state index in [1.807, 2.05) is 36.0 Å². The van der Waals surface area contributed by atoms with Crippen molar-refractivity contribution in [1.29, 1.82) is 0 Å². The van der Waals surface area contributed by atoms with Gasteiger partial charge in [0, 0.05) is 29.6 Å². The molecule has 0 amide bonds. The van der Waals surface area contributed by atoms with Crippen LogP contribution in [-0.2, 0) is 13.6 Å². The number of nitrogens with zero attached hydrogens (tertiary/aromatic N) is 1. The highest BCUT2D eigenvalue weighted by Crippen LogP contribution is 2.24. The lowest BCUT2D eigenvalue weighted by molar-refractivity contribution is 0.920. The van der Waals surface area contributed by atoms with E-state index in [-0.39, 0.29) is 0 Å². The number of rotatable bonds is 3. The number of halogens is 2. The Morgan fingerprint density at radius 2 is 2.19 bits per heavy atom. The fourth-order valence-corrected chi connectivity index (χ4v) is 2.42. The van der Waals surface area contributed by atoms with E-state index in [9.17, 15) is 0 Å². The first kappa shape index (κ1) is 11.8. The molecular formula is C12H12ClIN2. The summed E-state index contributed by atoms with van der Waals surface area (Å²) in [6, 6.07) is 8.09. The molecule has 0 aliphatic heterocycles.